The van der Waals surface area contributed by atoms with Crippen LogP contribution < -0.4 is 11.1 Å². The predicted molar refractivity (Wildman–Crippen MR) is 81.5 cm³/mol. The number of esters is 1. The van der Waals surface area contributed by atoms with Crippen molar-refractivity contribution in [1.82, 2.24) is 5.32 Å². The van der Waals surface area contributed by atoms with Gasteiger partial charge in [0.2, 0.25) is 5.91 Å². The molecule has 0 heterocycles. The molecular weight excluding hydrogens is 276 g/mol. The first-order valence-electron chi connectivity index (χ1n) is 7.25. The first-order valence-corrected chi connectivity index (χ1v) is 8.40. The van der Waals surface area contributed by atoms with Gasteiger partial charge in [0.25, 0.3) is 0 Å². The van der Waals surface area contributed by atoms with Crippen LogP contribution in [0.1, 0.15) is 39.0 Å². The number of hydrogen-bond acceptors (Lipinski definition) is 5. The number of nitrogens with one attached hydrogen (secondary N) is 1. The summed E-state index contributed by atoms with van der Waals surface area (Å²) in [7, 11) is 1.33. The van der Waals surface area contributed by atoms with Crippen LogP contribution in [-0.2, 0) is 14.3 Å². The van der Waals surface area contributed by atoms with Gasteiger partial charge < -0.3 is 15.8 Å². The number of carbonyl (C=O) groups is 2. The van der Waals surface area contributed by atoms with Crippen molar-refractivity contribution in [3.63, 3.8) is 0 Å². The highest BCUT2D eigenvalue weighted by Gasteiger charge is 2.22. The van der Waals surface area contributed by atoms with Crippen molar-refractivity contribution in [2.24, 2.45) is 11.7 Å². The number of amides is 1. The lowest BCUT2D eigenvalue weighted by Gasteiger charge is -2.29. The van der Waals surface area contributed by atoms with E-state index in [-0.39, 0.29) is 5.91 Å². The third-order valence-corrected chi connectivity index (χ3v) is 4.76. The molecule has 1 aliphatic carbocycles. The molecule has 5 nitrogen and oxygen atoms in total. The quantitative estimate of drug-likeness (QED) is 0.547. The second-order valence-corrected chi connectivity index (χ2v) is 6.51. The minimum absolute atomic E-state index is 0.0837. The Hall–Kier alpha value is -0.750. The Morgan fingerprint density at radius 1 is 1.40 bits per heavy atom. The normalized spacial score (nSPS) is 23.9. The summed E-state index contributed by atoms with van der Waals surface area (Å²) in [6.07, 6.45) is 5.30. The summed E-state index contributed by atoms with van der Waals surface area (Å²) in [5, 5.41) is 3.11. The lowest BCUT2D eigenvalue weighted by Crippen LogP contribution is -2.42. The second kappa shape index (κ2) is 9.23. The first-order chi connectivity index (χ1) is 9.54. The van der Waals surface area contributed by atoms with E-state index in [0.29, 0.717) is 29.9 Å². The van der Waals surface area contributed by atoms with Gasteiger partial charge in [-0.15, -0.1) is 0 Å². The molecule has 0 aromatic rings. The average molecular weight is 302 g/mol. The monoisotopic (exact) mass is 302 g/mol. The van der Waals surface area contributed by atoms with Gasteiger partial charge >= 0.3 is 5.97 Å². The molecule has 0 saturated heterocycles. The molecule has 1 aliphatic rings. The Morgan fingerprint density at radius 2 is 2.10 bits per heavy atom. The lowest BCUT2D eigenvalue weighted by molar-refractivity contribution is -0.142. The molecule has 0 radical (unpaired) electrons. The number of nitrogens with two attached hydrogens (primary N) is 1. The summed E-state index contributed by atoms with van der Waals surface area (Å²) in [6.45, 7) is 2.20. The van der Waals surface area contributed by atoms with Gasteiger partial charge in [-0.2, -0.15) is 11.8 Å². The van der Waals surface area contributed by atoms with E-state index < -0.39 is 12.0 Å². The number of methoxy groups -OCH3 is 1. The largest absolute Gasteiger partial charge is 0.468 e. The van der Waals surface area contributed by atoms with Crippen LogP contribution in [0.3, 0.4) is 0 Å². The molecule has 6 heteroatoms. The Balaban J connectivity index is 2.12. The molecule has 116 valence electrons. The zero-order chi connectivity index (χ0) is 15.0. The minimum atomic E-state index is -0.589. The van der Waals surface area contributed by atoms with E-state index in [2.05, 4.69) is 17.0 Å². The average Bonchev–Trinajstić information content (AvgIpc) is 2.45. The van der Waals surface area contributed by atoms with Crippen molar-refractivity contribution >= 4 is 23.6 Å². The number of rotatable bonds is 7. The summed E-state index contributed by atoms with van der Waals surface area (Å²) >= 11 is 1.51. The molecule has 3 atom stereocenters. The fraction of sp³-hybridized carbons (Fsp3) is 0.857. The fourth-order valence-electron chi connectivity index (χ4n) is 2.42. The van der Waals surface area contributed by atoms with Crippen LogP contribution in [0.2, 0.25) is 0 Å². The Labute approximate surface area is 125 Å². The molecule has 0 aliphatic heterocycles. The molecule has 0 bridgehead atoms. The lowest BCUT2D eigenvalue weighted by atomic mass is 9.86. The van der Waals surface area contributed by atoms with Crippen LogP contribution in [-0.4, -0.2) is 42.6 Å². The zero-order valence-corrected chi connectivity index (χ0v) is 13.2. The molecule has 0 aromatic carbocycles. The molecule has 1 saturated carbocycles. The summed E-state index contributed by atoms with van der Waals surface area (Å²) < 4.78 is 4.55. The van der Waals surface area contributed by atoms with Gasteiger partial charge in [0.15, 0.2) is 0 Å². The number of thioether (sulfide) groups is 1. The summed E-state index contributed by atoms with van der Waals surface area (Å²) in [6, 6.07) is -0.261. The van der Waals surface area contributed by atoms with Gasteiger partial charge in [-0.3, -0.25) is 9.59 Å². The fourth-order valence-corrected chi connectivity index (χ4v) is 3.26. The van der Waals surface area contributed by atoms with Gasteiger partial charge in [0, 0.05) is 6.04 Å². The van der Waals surface area contributed by atoms with Crippen molar-refractivity contribution < 1.29 is 14.3 Å². The molecular formula is C14H26N2O3S. The number of carbonyl (C=O) groups excluding carboxylic acids is 2. The predicted octanol–water partition coefficient (Wildman–Crippen LogP) is 1.30. The number of hydrogen-bond donors (Lipinski definition) is 2. The topological polar surface area (TPSA) is 81.4 Å². The van der Waals surface area contributed by atoms with Crippen molar-refractivity contribution in [2.75, 3.05) is 18.6 Å². The molecule has 3 N–H and O–H groups in total. The van der Waals surface area contributed by atoms with Crippen LogP contribution in [0, 0.1) is 5.92 Å². The molecule has 1 amide bonds. The molecule has 1 fully saturated rings. The molecule has 3 unspecified atom stereocenters. The van der Waals surface area contributed by atoms with Crippen LogP contribution in [0.15, 0.2) is 0 Å². The summed E-state index contributed by atoms with van der Waals surface area (Å²) in [5.41, 5.74) is 5.62. The van der Waals surface area contributed by atoms with Crippen LogP contribution in [0.25, 0.3) is 0 Å². The van der Waals surface area contributed by atoms with E-state index in [1.165, 1.54) is 38.1 Å². The van der Waals surface area contributed by atoms with E-state index in [1.807, 2.05) is 0 Å². The molecule has 20 heavy (non-hydrogen) atoms. The maximum absolute atomic E-state index is 11.8. The van der Waals surface area contributed by atoms with E-state index in [4.69, 9.17) is 5.73 Å². The smallest absolute Gasteiger partial charge is 0.322 e. The first kappa shape index (κ1) is 17.3. The van der Waals surface area contributed by atoms with Gasteiger partial charge in [-0.25, -0.2) is 0 Å². The minimum Gasteiger partial charge on any atom is -0.468 e. The summed E-state index contributed by atoms with van der Waals surface area (Å²) in [5.74, 6) is 1.37. The molecule has 0 spiro atoms. The number of ether oxygens (including phenoxy) is 1. The van der Waals surface area contributed by atoms with E-state index in [0.717, 1.165) is 6.42 Å². The van der Waals surface area contributed by atoms with Crippen LogP contribution in [0.5, 0.6) is 0 Å². The van der Waals surface area contributed by atoms with E-state index >= 15 is 0 Å². The van der Waals surface area contributed by atoms with Gasteiger partial charge in [-0.1, -0.05) is 19.8 Å². The maximum atomic E-state index is 11.8. The van der Waals surface area contributed by atoms with Gasteiger partial charge in [0.1, 0.15) is 6.04 Å². The van der Waals surface area contributed by atoms with Crippen LogP contribution in [0.4, 0.5) is 0 Å². The van der Waals surface area contributed by atoms with Crippen molar-refractivity contribution in [3.05, 3.63) is 0 Å². The standard InChI is InChI=1S/C14H26N2O3S/c1-10-5-3-4-6-12(10)16-13(17)9-20-8-7-11(15)14(18)19-2/h10-12H,3-9,15H2,1-2H3,(H,16,17). The van der Waals surface area contributed by atoms with E-state index in [9.17, 15) is 9.59 Å². The zero-order valence-electron chi connectivity index (χ0n) is 12.4. The summed E-state index contributed by atoms with van der Waals surface area (Å²) in [4.78, 5) is 22.9. The van der Waals surface area contributed by atoms with Crippen molar-refractivity contribution in [3.8, 4) is 0 Å². The van der Waals surface area contributed by atoms with Crippen molar-refractivity contribution in [1.29, 1.82) is 0 Å². The highest BCUT2D eigenvalue weighted by Crippen LogP contribution is 2.23. The highest BCUT2D eigenvalue weighted by molar-refractivity contribution is 7.99. The van der Waals surface area contributed by atoms with E-state index in [1.54, 1.807) is 0 Å². The second-order valence-electron chi connectivity index (χ2n) is 5.41. The third kappa shape index (κ3) is 6.13. The van der Waals surface area contributed by atoms with Crippen LogP contribution >= 0.6 is 11.8 Å². The highest BCUT2D eigenvalue weighted by atomic mass is 32.2. The third-order valence-electron chi connectivity index (χ3n) is 3.77. The van der Waals surface area contributed by atoms with Crippen molar-refractivity contribution in [2.45, 2.75) is 51.1 Å². The Bertz CT molecular complexity index is 326. The van der Waals surface area contributed by atoms with Gasteiger partial charge in [-0.05, 0) is 30.9 Å². The molecule has 1 rings (SSSR count). The Morgan fingerprint density at radius 3 is 2.75 bits per heavy atom. The van der Waals surface area contributed by atoms with Gasteiger partial charge in [0.05, 0.1) is 12.9 Å². The maximum Gasteiger partial charge on any atom is 0.322 e. The molecule has 0 aromatic heterocycles. The SMILES string of the molecule is COC(=O)C(N)CCSCC(=O)NC1CCCCC1C. The Kier molecular flexibility index (Phi) is 7.99.